The van der Waals surface area contributed by atoms with Gasteiger partial charge >= 0.3 is 0 Å². The zero-order valence-electron chi connectivity index (χ0n) is 9.80. The second-order valence-electron chi connectivity index (χ2n) is 3.95. The van der Waals surface area contributed by atoms with Gasteiger partial charge in [-0.15, -0.1) is 0 Å². The first-order valence-electron chi connectivity index (χ1n) is 5.53. The van der Waals surface area contributed by atoms with Gasteiger partial charge in [0.25, 0.3) is 0 Å². The third-order valence-electron chi connectivity index (χ3n) is 2.67. The Labute approximate surface area is 100 Å². The average molecular weight is 241 g/mol. The molecule has 0 radical (unpaired) electrons. The SMILES string of the molecule is CNCCC(O)C(O)c1ccc(O)c(CO)c1. The molecule has 1 aromatic carbocycles. The van der Waals surface area contributed by atoms with Crippen LogP contribution < -0.4 is 5.32 Å². The molecular weight excluding hydrogens is 222 g/mol. The molecule has 0 heterocycles. The van der Waals surface area contributed by atoms with Gasteiger partial charge in [-0.2, -0.15) is 0 Å². The normalized spacial score (nSPS) is 14.6. The molecule has 0 aliphatic heterocycles. The van der Waals surface area contributed by atoms with E-state index in [1.165, 1.54) is 18.2 Å². The van der Waals surface area contributed by atoms with Gasteiger partial charge in [-0.25, -0.2) is 0 Å². The Morgan fingerprint density at radius 3 is 2.59 bits per heavy atom. The van der Waals surface area contributed by atoms with Gasteiger partial charge in [0.1, 0.15) is 11.9 Å². The smallest absolute Gasteiger partial charge is 0.121 e. The lowest BCUT2D eigenvalue weighted by molar-refractivity contribution is 0.0139. The standard InChI is InChI=1S/C12H19NO4/c1-13-5-4-11(16)12(17)8-2-3-10(15)9(6-8)7-14/h2-3,6,11-17H,4-5,7H2,1H3. The zero-order valence-corrected chi connectivity index (χ0v) is 9.80. The van der Waals surface area contributed by atoms with Crippen LogP contribution in [0.5, 0.6) is 5.75 Å². The molecule has 0 aliphatic carbocycles. The highest BCUT2D eigenvalue weighted by molar-refractivity contribution is 5.36. The maximum atomic E-state index is 9.89. The third-order valence-corrected chi connectivity index (χ3v) is 2.67. The Morgan fingerprint density at radius 1 is 1.29 bits per heavy atom. The van der Waals surface area contributed by atoms with Gasteiger partial charge in [-0.3, -0.25) is 0 Å². The van der Waals surface area contributed by atoms with E-state index in [1.807, 2.05) is 0 Å². The van der Waals surface area contributed by atoms with Crippen molar-refractivity contribution < 1.29 is 20.4 Å². The first-order valence-corrected chi connectivity index (χ1v) is 5.53. The highest BCUT2D eigenvalue weighted by Crippen LogP contribution is 2.25. The minimum absolute atomic E-state index is 0.0202. The van der Waals surface area contributed by atoms with Crippen molar-refractivity contribution in [1.29, 1.82) is 0 Å². The molecule has 17 heavy (non-hydrogen) atoms. The summed E-state index contributed by atoms with van der Waals surface area (Å²) in [4.78, 5) is 0. The molecule has 5 N–H and O–H groups in total. The molecule has 0 spiro atoms. The van der Waals surface area contributed by atoms with Crippen LogP contribution in [-0.4, -0.2) is 40.1 Å². The van der Waals surface area contributed by atoms with Crippen LogP contribution in [0.25, 0.3) is 0 Å². The van der Waals surface area contributed by atoms with Gasteiger partial charge in [0, 0.05) is 5.56 Å². The zero-order chi connectivity index (χ0) is 12.8. The van der Waals surface area contributed by atoms with E-state index in [1.54, 1.807) is 7.05 Å². The lowest BCUT2D eigenvalue weighted by atomic mass is 10.00. The molecule has 0 amide bonds. The largest absolute Gasteiger partial charge is 0.508 e. The number of rotatable bonds is 6. The molecule has 0 fully saturated rings. The van der Waals surface area contributed by atoms with Crippen molar-refractivity contribution >= 4 is 0 Å². The molecule has 1 aromatic rings. The molecule has 96 valence electrons. The van der Waals surface area contributed by atoms with E-state index in [0.717, 1.165) is 0 Å². The van der Waals surface area contributed by atoms with Gasteiger partial charge in [0.15, 0.2) is 0 Å². The Kier molecular flexibility index (Phi) is 5.37. The van der Waals surface area contributed by atoms with E-state index in [-0.39, 0.29) is 12.4 Å². The molecule has 2 unspecified atom stereocenters. The van der Waals surface area contributed by atoms with Crippen molar-refractivity contribution in [2.75, 3.05) is 13.6 Å². The van der Waals surface area contributed by atoms with E-state index >= 15 is 0 Å². The van der Waals surface area contributed by atoms with Crippen LogP contribution in [0.4, 0.5) is 0 Å². The summed E-state index contributed by atoms with van der Waals surface area (Å²) in [6.07, 6.45) is -1.47. The monoisotopic (exact) mass is 241 g/mol. The van der Waals surface area contributed by atoms with Crippen molar-refractivity contribution in [3.8, 4) is 5.75 Å². The van der Waals surface area contributed by atoms with Crippen LogP contribution in [0, 0.1) is 0 Å². The Balaban J connectivity index is 2.77. The predicted octanol–water partition coefficient (Wildman–Crippen LogP) is -0.112. The number of hydrogen-bond donors (Lipinski definition) is 5. The molecule has 5 heteroatoms. The quantitative estimate of drug-likeness (QED) is 0.479. The molecule has 2 atom stereocenters. The van der Waals surface area contributed by atoms with Crippen molar-refractivity contribution in [1.82, 2.24) is 5.32 Å². The molecule has 0 saturated carbocycles. The second-order valence-corrected chi connectivity index (χ2v) is 3.95. The number of nitrogens with one attached hydrogen (secondary N) is 1. The average Bonchev–Trinajstić information content (AvgIpc) is 2.35. The van der Waals surface area contributed by atoms with Crippen LogP contribution in [0.15, 0.2) is 18.2 Å². The van der Waals surface area contributed by atoms with Crippen LogP contribution >= 0.6 is 0 Å². The molecule has 0 saturated heterocycles. The van der Waals surface area contributed by atoms with E-state index in [2.05, 4.69) is 5.32 Å². The number of phenols is 1. The summed E-state index contributed by atoms with van der Waals surface area (Å²) in [5.41, 5.74) is 0.817. The molecular formula is C12H19NO4. The van der Waals surface area contributed by atoms with E-state index in [0.29, 0.717) is 24.1 Å². The Bertz CT molecular complexity index is 356. The van der Waals surface area contributed by atoms with Crippen molar-refractivity contribution in [2.24, 2.45) is 0 Å². The fraction of sp³-hybridized carbons (Fsp3) is 0.500. The fourth-order valence-electron chi connectivity index (χ4n) is 1.59. The lowest BCUT2D eigenvalue weighted by Gasteiger charge is -2.18. The minimum Gasteiger partial charge on any atom is -0.508 e. The fourth-order valence-corrected chi connectivity index (χ4v) is 1.59. The predicted molar refractivity (Wildman–Crippen MR) is 63.5 cm³/mol. The molecule has 0 aromatic heterocycles. The Morgan fingerprint density at radius 2 is 2.00 bits per heavy atom. The summed E-state index contributed by atoms with van der Waals surface area (Å²) in [5, 5.41) is 40.9. The summed E-state index contributed by atoms with van der Waals surface area (Å²) in [7, 11) is 1.77. The van der Waals surface area contributed by atoms with Crippen LogP contribution in [0.3, 0.4) is 0 Å². The third kappa shape index (κ3) is 3.67. The topological polar surface area (TPSA) is 93.0 Å². The first-order chi connectivity index (χ1) is 8.10. The maximum absolute atomic E-state index is 9.89. The molecule has 5 nitrogen and oxygen atoms in total. The first kappa shape index (κ1) is 13.9. The summed E-state index contributed by atoms with van der Waals surface area (Å²) >= 11 is 0. The van der Waals surface area contributed by atoms with Gasteiger partial charge in [-0.05, 0) is 37.7 Å². The van der Waals surface area contributed by atoms with Crippen molar-refractivity contribution in [3.63, 3.8) is 0 Å². The van der Waals surface area contributed by atoms with Crippen LogP contribution in [-0.2, 0) is 6.61 Å². The van der Waals surface area contributed by atoms with Gasteiger partial charge < -0.3 is 25.7 Å². The van der Waals surface area contributed by atoms with E-state index in [4.69, 9.17) is 5.11 Å². The molecule has 0 bridgehead atoms. The number of aliphatic hydroxyl groups is 3. The number of hydrogen-bond acceptors (Lipinski definition) is 5. The van der Waals surface area contributed by atoms with Crippen molar-refractivity contribution in [3.05, 3.63) is 29.3 Å². The lowest BCUT2D eigenvalue weighted by Crippen LogP contribution is -2.23. The van der Waals surface area contributed by atoms with Crippen LogP contribution in [0.2, 0.25) is 0 Å². The molecule has 1 rings (SSSR count). The van der Waals surface area contributed by atoms with E-state index < -0.39 is 12.2 Å². The number of aliphatic hydroxyl groups excluding tert-OH is 3. The van der Waals surface area contributed by atoms with Gasteiger partial charge in [0.05, 0.1) is 12.7 Å². The summed E-state index contributed by atoms with van der Waals surface area (Å²) in [5.74, 6) is -0.0202. The Hall–Kier alpha value is -1.14. The summed E-state index contributed by atoms with van der Waals surface area (Å²) < 4.78 is 0. The van der Waals surface area contributed by atoms with Gasteiger partial charge in [-0.1, -0.05) is 6.07 Å². The highest BCUT2D eigenvalue weighted by Gasteiger charge is 2.18. The maximum Gasteiger partial charge on any atom is 0.121 e. The highest BCUT2D eigenvalue weighted by atomic mass is 16.3. The minimum atomic E-state index is -1.02. The van der Waals surface area contributed by atoms with Gasteiger partial charge in [0.2, 0.25) is 0 Å². The second kappa shape index (κ2) is 6.56. The van der Waals surface area contributed by atoms with E-state index in [9.17, 15) is 15.3 Å². The number of aromatic hydroxyl groups is 1. The molecule has 0 aliphatic rings. The summed E-state index contributed by atoms with van der Waals surface area (Å²) in [6, 6.07) is 4.42. The number of benzene rings is 1. The summed E-state index contributed by atoms with van der Waals surface area (Å²) in [6.45, 7) is 0.294. The van der Waals surface area contributed by atoms with Crippen LogP contribution in [0.1, 0.15) is 23.7 Å². The van der Waals surface area contributed by atoms with Crippen molar-refractivity contribution in [2.45, 2.75) is 25.2 Å².